The van der Waals surface area contributed by atoms with Crippen LogP contribution in [0.3, 0.4) is 0 Å². The summed E-state index contributed by atoms with van der Waals surface area (Å²) in [6.07, 6.45) is 0. The van der Waals surface area contributed by atoms with E-state index in [1.54, 1.807) is 0 Å². The first-order valence-corrected chi connectivity index (χ1v) is 7.57. The third kappa shape index (κ3) is 4.92. The molecule has 22 heavy (non-hydrogen) atoms. The lowest BCUT2D eigenvalue weighted by molar-refractivity contribution is -0.123. The van der Waals surface area contributed by atoms with Crippen molar-refractivity contribution in [3.05, 3.63) is 65.2 Å². The summed E-state index contributed by atoms with van der Waals surface area (Å²) in [6.45, 7) is 6.78. The fraction of sp³-hybridized carbons (Fsp3) is 0.316. The molecule has 3 heteroatoms. The predicted octanol–water partition coefficient (Wildman–Crippen LogP) is 3.60. The van der Waals surface area contributed by atoms with Gasteiger partial charge in [0.2, 0.25) is 0 Å². The second-order valence-corrected chi connectivity index (χ2v) is 5.73. The highest BCUT2D eigenvalue weighted by molar-refractivity contribution is 5.77. The maximum atomic E-state index is 11.9. The Morgan fingerprint density at radius 1 is 1.09 bits per heavy atom. The van der Waals surface area contributed by atoms with Crippen molar-refractivity contribution in [3.63, 3.8) is 0 Å². The van der Waals surface area contributed by atoms with Crippen molar-refractivity contribution in [3.8, 4) is 5.75 Å². The number of benzene rings is 2. The molecule has 0 aliphatic rings. The van der Waals surface area contributed by atoms with Gasteiger partial charge in [-0.25, -0.2) is 0 Å². The number of carbonyl (C=O) groups excluding carboxylic acids is 1. The van der Waals surface area contributed by atoms with Crippen LogP contribution in [-0.2, 0) is 4.79 Å². The average Bonchev–Trinajstić information content (AvgIpc) is 2.50. The number of aryl methyl sites for hydroxylation is 2. The second kappa shape index (κ2) is 7.64. The first-order chi connectivity index (χ1) is 10.5. The van der Waals surface area contributed by atoms with Crippen LogP contribution in [-0.4, -0.2) is 19.1 Å². The summed E-state index contributed by atoms with van der Waals surface area (Å²) < 4.78 is 5.56. The van der Waals surface area contributed by atoms with Crippen LogP contribution in [0.5, 0.6) is 5.75 Å². The van der Waals surface area contributed by atoms with Crippen LogP contribution in [0.25, 0.3) is 0 Å². The highest BCUT2D eigenvalue weighted by atomic mass is 16.5. The van der Waals surface area contributed by atoms with E-state index in [0.717, 1.165) is 16.9 Å². The number of hydrogen-bond acceptors (Lipinski definition) is 2. The van der Waals surface area contributed by atoms with E-state index in [4.69, 9.17) is 4.74 Å². The van der Waals surface area contributed by atoms with Gasteiger partial charge in [-0.15, -0.1) is 0 Å². The zero-order valence-electron chi connectivity index (χ0n) is 13.4. The molecular formula is C19H23NO2. The Kier molecular flexibility index (Phi) is 5.59. The molecule has 0 aromatic heterocycles. The van der Waals surface area contributed by atoms with Gasteiger partial charge in [-0.2, -0.15) is 0 Å². The van der Waals surface area contributed by atoms with Gasteiger partial charge in [-0.3, -0.25) is 4.79 Å². The molecule has 2 aromatic carbocycles. The number of carbonyl (C=O) groups is 1. The summed E-state index contributed by atoms with van der Waals surface area (Å²) >= 11 is 0. The average molecular weight is 297 g/mol. The van der Waals surface area contributed by atoms with Crippen molar-refractivity contribution in [2.24, 2.45) is 0 Å². The second-order valence-electron chi connectivity index (χ2n) is 5.73. The van der Waals surface area contributed by atoms with Gasteiger partial charge in [-0.05, 0) is 48.6 Å². The molecule has 0 fully saturated rings. The summed E-state index contributed by atoms with van der Waals surface area (Å²) in [5.41, 5.74) is 3.49. The fourth-order valence-corrected chi connectivity index (χ4v) is 2.38. The Bertz CT molecular complexity index is 602. The Morgan fingerprint density at radius 3 is 2.36 bits per heavy atom. The van der Waals surface area contributed by atoms with Gasteiger partial charge in [-0.1, -0.05) is 43.3 Å². The number of hydrogen-bond donors (Lipinski definition) is 1. The van der Waals surface area contributed by atoms with E-state index < -0.39 is 0 Å². The first kappa shape index (κ1) is 16.1. The molecular weight excluding hydrogens is 274 g/mol. The highest BCUT2D eigenvalue weighted by Gasteiger charge is 2.08. The van der Waals surface area contributed by atoms with E-state index in [1.807, 2.05) is 44.2 Å². The minimum atomic E-state index is -0.0954. The third-order valence-corrected chi connectivity index (χ3v) is 3.54. The molecule has 2 aromatic rings. The fourth-order valence-electron chi connectivity index (χ4n) is 2.38. The lowest BCUT2D eigenvalue weighted by Crippen LogP contribution is -2.31. The van der Waals surface area contributed by atoms with Crippen LogP contribution in [0, 0.1) is 13.8 Å². The molecule has 1 amide bonds. The Labute approximate surface area is 132 Å². The van der Waals surface area contributed by atoms with E-state index in [1.165, 1.54) is 5.56 Å². The molecule has 0 saturated carbocycles. The standard InChI is InChI=1S/C19H23NO2/c1-14-9-15(2)11-18(10-14)22-13-19(21)20-12-16(3)17-7-5-4-6-8-17/h4-11,16H,12-13H2,1-3H3,(H,20,21)/t16-/m0/s1. The summed E-state index contributed by atoms with van der Waals surface area (Å²) in [6, 6.07) is 16.1. The van der Waals surface area contributed by atoms with Crippen molar-refractivity contribution < 1.29 is 9.53 Å². The monoisotopic (exact) mass is 297 g/mol. The summed E-state index contributed by atoms with van der Waals surface area (Å²) in [5, 5.41) is 2.92. The van der Waals surface area contributed by atoms with Crippen molar-refractivity contribution in [1.29, 1.82) is 0 Å². The van der Waals surface area contributed by atoms with Gasteiger partial charge >= 0.3 is 0 Å². The van der Waals surface area contributed by atoms with E-state index in [9.17, 15) is 4.79 Å². The maximum absolute atomic E-state index is 11.9. The van der Waals surface area contributed by atoms with E-state index in [-0.39, 0.29) is 18.4 Å². The number of amides is 1. The van der Waals surface area contributed by atoms with Crippen LogP contribution in [0.4, 0.5) is 0 Å². The van der Waals surface area contributed by atoms with E-state index in [0.29, 0.717) is 6.54 Å². The molecule has 1 N–H and O–H groups in total. The van der Waals surface area contributed by atoms with Gasteiger partial charge in [0, 0.05) is 6.54 Å². The molecule has 0 bridgehead atoms. The maximum Gasteiger partial charge on any atom is 0.257 e. The van der Waals surface area contributed by atoms with Crippen molar-refractivity contribution in [2.75, 3.05) is 13.2 Å². The molecule has 0 saturated heterocycles. The Hall–Kier alpha value is -2.29. The third-order valence-electron chi connectivity index (χ3n) is 3.54. The lowest BCUT2D eigenvalue weighted by atomic mass is 10.0. The molecule has 0 aliphatic heterocycles. The minimum Gasteiger partial charge on any atom is -0.484 e. The van der Waals surface area contributed by atoms with E-state index in [2.05, 4.69) is 30.4 Å². The smallest absolute Gasteiger partial charge is 0.257 e. The van der Waals surface area contributed by atoms with Crippen LogP contribution >= 0.6 is 0 Å². The van der Waals surface area contributed by atoms with Crippen LogP contribution in [0.1, 0.15) is 29.5 Å². The quantitative estimate of drug-likeness (QED) is 0.884. The van der Waals surface area contributed by atoms with Crippen molar-refractivity contribution in [2.45, 2.75) is 26.7 Å². The van der Waals surface area contributed by atoms with Gasteiger partial charge in [0.1, 0.15) is 5.75 Å². The van der Waals surface area contributed by atoms with Crippen molar-refractivity contribution >= 4 is 5.91 Å². The van der Waals surface area contributed by atoms with Gasteiger partial charge in [0.25, 0.3) is 5.91 Å². The summed E-state index contributed by atoms with van der Waals surface area (Å²) in [7, 11) is 0. The largest absolute Gasteiger partial charge is 0.484 e. The minimum absolute atomic E-state index is 0.0460. The summed E-state index contributed by atoms with van der Waals surface area (Å²) in [5.74, 6) is 0.928. The molecule has 0 unspecified atom stereocenters. The normalized spacial score (nSPS) is 11.8. The number of rotatable bonds is 6. The number of ether oxygens (including phenoxy) is 1. The molecule has 116 valence electrons. The van der Waals surface area contributed by atoms with Gasteiger partial charge < -0.3 is 10.1 Å². The zero-order chi connectivity index (χ0) is 15.9. The molecule has 0 heterocycles. The van der Waals surface area contributed by atoms with Crippen LogP contribution < -0.4 is 10.1 Å². The van der Waals surface area contributed by atoms with Crippen LogP contribution in [0.15, 0.2) is 48.5 Å². The highest BCUT2D eigenvalue weighted by Crippen LogP contribution is 2.16. The molecule has 0 aliphatic carbocycles. The molecule has 2 rings (SSSR count). The van der Waals surface area contributed by atoms with Crippen LogP contribution in [0.2, 0.25) is 0 Å². The molecule has 0 radical (unpaired) electrons. The van der Waals surface area contributed by atoms with Gasteiger partial charge in [0.05, 0.1) is 0 Å². The number of nitrogens with one attached hydrogen (secondary N) is 1. The Morgan fingerprint density at radius 2 is 1.73 bits per heavy atom. The molecule has 1 atom stereocenters. The first-order valence-electron chi connectivity index (χ1n) is 7.57. The van der Waals surface area contributed by atoms with Gasteiger partial charge in [0.15, 0.2) is 6.61 Å². The zero-order valence-corrected chi connectivity index (χ0v) is 13.4. The lowest BCUT2D eigenvalue weighted by Gasteiger charge is -2.13. The topological polar surface area (TPSA) is 38.3 Å². The predicted molar refractivity (Wildman–Crippen MR) is 89.3 cm³/mol. The van der Waals surface area contributed by atoms with Crippen molar-refractivity contribution in [1.82, 2.24) is 5.32 Å². The molecule has 0 spiro atoms. The molecule has 3 nitrogen and oxygen atoms in total. The SMILES string of the molecule is Cc1cc(C)cc(OCC(=O)NC[C@H](C)c2ccccc2)c1. The Balaban J connectivity index is 1.78. The van der Waals surface area contributed by atoms with E-state index >= 15 is 0 Å². The summed E-state index contributed by atoms with van der Waals surface area (Å²) in [4.78, 5) is 11.9.